The maximum atomic E-state index is 13.2. The summed E-state index contributed by atoms with van der Waals surface area (Å²) >= 11 is 0. The van der Waals surface area contributed by atoms with Gasteiger partial charge in [-0.3, -0.25) is 14.8 Å². The van der Waals surface area contributed by atoms with Crippen LogP contribution in [0.2, 0.25) is 0 Å². The van der Waals surface area contributed by atoms with Crippen LogP contribution in [0.4, 0.5) is 4.39 Å². The molecule has 0 saturated carbocycles. The third-order valence-electron chi connectivity index (χ3n) is 4.26. The number of morpholine rings is 1. The van der Waals surface area contributed by atoms with E-state index < -0.39 is 11.9 Å². The number of hydrogen-bond acceptors (Lipinski definition) is 5. The largest absolute Gasteiger partial charge is 0.368 e. The summed E-state index contributed by atoms with van der Waals surface area (Å²) in [6.45, 7) is 5.45. The highest BCUT2D eigenvalue weighted by molar-refractivity contribution is 5.81. The molecule has 1 saturated heterocycles. The summed E-state index contributed by atoms with van der Waals surface area (Å²) in [4.78, 5) is 18.4. The standard InChI is InChI=1S/C17H22FN5O2/c1-10(2)16-20-17(22-21-16)13-9-23(7-8-25-13)14(15(19)24)11-3-5-12(18)6-4-11/h3-6,10,13-14H,7-9H2,1-2H3,(H2,19,24)(H,20,21,22)/t13-,14+/m1/s1. The molecule has 2 aromatic rings. The van der Waals surface area contributed by atoms with Crippen LogP contribution in [-0.2, 0) is 9.53 Å². The minimum Gasteiger partial charge on any atom is -0.368 e. The number of nitrogens with one attached hydrogen (secondary N) is 1. The van der Waals surface area contributed by atoms with Crippen LogP contribution >= 0.6 is 0 Å². The van der Waals surface area contributed by atoms with E-state index >= 15 is 0 Å². The Hall–Kier alpha value is -2.32. The zero-order chi connectivity index (χ0) is 18.0. The lowest BCUT2D eigenvalue weighted by atomic mass is 10.0. The monoisotopic (exact) mass is 347 g/mol. The van der Waals surface area contributed by atoms with Gasteiger partial charge in [0, 0.05) is 19.0 Å². The Bertz CT molecular complexity index is 731. The van der Waals surface area contributed by atoms with Crippen molar-refractivity contribution in [1.82, 2.24) is 20.1 Å². The summed E-state index contributed by atoms with van der Waals surface area (Å²) in [7, 11) is 0. The van der Waals surface area contributed by atoms with E-state index in [-0.39, 0.29) is 17.8 Å². The fourth-order valence-electron chi connectivity index (χ4n) is 2.96. The number of hydrogen-bond donors (Lipinski definition) is 2. The smallest absolute Gasteiger partial charge is 0.239 e. The van der Waals surface area contributed by atoms with Gasteiger partial charge in [-0.2, -0.15) is 5.10 Å². The fraction of sp³-hybridized carbons (Fsp3) is 0.471. The topological polar surface area (TPSA) is 97.1 Å². The quantitative estimate of drug-likeness (QED) is 0.857. The molecule has 0 aliphatic carbocycles. The molecule has 0 unspecified atom stereocenters. The summed E-state index contributed by atoms with van der Waals surface area (Å²) in [5, 5.41) is 7.11. The normalized spacial score (nSPS) is 19.9. The molecule has 1 aliphatic rings. The Morgan fingerprint density at radius 2 is 2.12 bits per heavy atom. The van der Waals surface area contributed by atoms with E-state index in [2.05, 4.69) is 15.2 Å². The SMILES string of the molecule is CC(C)c1n[nH]c([C@H]2CN([C@H](C(N)=O)c3ccc(F)cc3)CCO2)n1. The number of H-pyrrole nitrogens is 1. The van der Waals surface area contributed by atoms with Crippen molar-refractivity contribution in [3.63, 3.8) is 0 Å². The molecule has 2 heterocycles. The van der Waals surface area contributed by atoms with Crippen molar-refractivity contribution < 1.29 is 13.9 Å². The number of aromatic nitrogens is 3. The maximum absolute atomic E-state index is 13.2. The van der Waals surface area contributed by atoms with Gasteiger partial charge in [-0.25, -0.2) is 9.37 Å². The van der Waals surface area contributed by atoms with Crippen molar-refractivity contribution in [2.75, 3.05) is 19.7 Å². The number of rotatable bonds is 5. The van der Waals surface area contributed by atoms with Crippen molar-refractivity contribution in [2.45, 2.75) is 31.9 Å². The second-order valence-corrected chi connectivity index (χ2v) is 6.44. The molecule has 0 bridgehead atoms. The molecule has 3 N–H and O–H groups in total. The number of nitrogens with two attached hydrogens (primary N) is 1. The van der Waals surface area contributed by atoms with Crippen LogP contribution in [0.3, 0.4) is 0 Å². The van der Waals surface area contributed by atoms with Crippen molar-refractivity contribution >= 4 is 5.91 Å². The fourth-order valence-corrected chi connectivity index (χ4v) is 2.96. The van der Waals surface area contributed by atoms with E-state index in [0.717, 1.165) is 5.82 Å². The van der Waals surface area contributed by atoms with E-state index in [1.807, 2.05) is 18.7 Å². The minimum absolute atomic E-state index is 0.210. The van der Waals surface area contributed by atoms with Gasteiger partial charge in [0.05, 0.1) is 6.61 Å². The Morgan fingerprint density at radius 3 is 2.72 bits per heavy atom. The van der Waals surface area contributed by atoms with Crippen LogP contribution in [0, 0.1) is 5.82 Å². The van der Waals surface area contributed by atoms with Gasteiger partial charge in [0.15, 0.2) is 11.6 Å². The van der Waals surface area contributed by atoms with Crippen LogP contribution in [-0.4, -0.2) is 45.7 Å². The number of primary amides is 1. The predicted octanol–water partition coefficient (Wildman–Crippen LogP) is 1.67. The van der Waals surface area contributed by atoms with Crippen molar-refractivity contribution in [2.24, 2.45) is 5.73 Å². The molecule has 134 valence electrons. The lowest BCUT2D eigenvalue weighted by Crippen LogP contribution is -2.45. The summed E-state index contributed by atoms with van der Waals surface area (Å²) in [6, 6.07) is 5.18. The first-order valence-electron chi connectivity index (χ1n) is 8.28. The number of ether oxygens (including phenoxy) is 1. The molecular formula is C17H22FN5O2. The number of amides is 1. The Balaban J connectivity index is 1.80. The van der Waals surface area contributed by atoms with Gasteiger partial charge in [0.2, 0.25) is 5.91 Å². The van der Waals surface area contributed by atoms with Crippen molar-refractivity contribution in [3.05, 3.63) is 47.3 Å². The maximum Gasteiger partial charge on any atom is 0.239 e. The molecule has 2 atom stereocenters. The zero-order valence-corrected chi connectivity index (χ0v) is 14.3. The highest BCUT2D eigenvalue weighted by Gasteiger charge is 2.33. The predicted molar refractivity (Wildman–Crippen MR) is 89.1 cm³/mol. The molecule has 1 fully saturated rings. The molecule has 0 radical (unpaired) electrons. The third-order valence-corrected chi connectivity index (χ3v) is 4.26. The second-order valence-electron chi connectivity index (χ2n) is 6.44. The third kappa shape index (κ3) is 3.85. The Morgan fingerprint density at radius 1 is 1.40 bits per heavy atom. The van der Waals surface area contributed by atoms with E-state index in [0.29, 0.717) is 31.1 Å². The first kappa shape index (κ1) is 17.5. The summed E-state index contributed by atoms with van der Waals surface area (Å²) in [5.41, 5.74) is 6.28. The number of aromatic amines is 1. The molecule has 0 spiro atoms. The molecule has 1 aromatic heterocycles. The lowest BCUT2D eigenvalue weighted by Gasteiger charge is -2.36. The van der Waals surface area contributed by atoms with Crippen LogP contribution in [0.25, 0.3) is 0 Å². The van der Waals surface area contributed by atoms with Crippen molar-refractivity contribution in [3.8, 4) is 0 Å². The van der Waals surface area contributed by atoms with Gasteiger partial charge >= 0.3 is 0 Å². The average Bonchev–Trinajstić information content (AvgIpc) is 3.07. The number of nitrogens with zero attached hydrogens (tertiary/aromatic N) is 3. The summed E-state index contributed by atoms with van der Waals surface area (Å²) < 4.78 is 19.0. The minimum atomic E-state index is -0.639. The van der Waals surface area contributed by atoms with Crippen LogP contribution in [0.15, 0.2) is 24.3 Å². The Labute approximate surface area is 145 Å². The average molecular weight is 347 g/mol. The zero-order valence-electron chi connectivity index (χ0n) is 14.3. The molecule has 1 amide bonds. The van der Waals surface area contributed by atoms with E-state index in [1.54, 1.807) is 12.1 Å². The Kier molecular flexibility index (Phi) is 5.10. The second kappa shape index (κ2) is 7.28. The number of carbonyl (C=O) groups is 1. The highest BCUT2D eigenvalue weighted by Crippen LogP contribution is 2.28. The number of carbonyl (C=O) groups excluding carboxylic acids is 1. The van der Waals surface area contributed by atoms with Gasteiger partial charge in [-0.15, -0.1) is 0 Å². The lowest BCUT2D eigenvalue weighted by molar-refractivity contribution is -0.127. The summed E-state index contributed by atoms with van der Waals surface area (Å²) in [6.07, 6.45) is -0.323. The van der Waals surface area contributed by atoms with Gasteiger partial charge in [0.25, 0.3) is 0 Å². The van der Waals surface area contributed by atoms with Crippen LogP contribution in [0.5, 0.6) is 0 Å². The van der Waals surface area contributed by atoms with Crippen LogP contribution < -0.4 is 5.73 Å². The summed E-state index contributed by atoms with van der Waals surface area (Å²) in [5.74, 6) is 0.737. The number of benzene rings is 1. The molecule has 25 heavy (non-hydrogen) atoms. The van der Waals surface area contributed by atoms with E-state index in [1.165, 1.54) is 12.1 Å². The molecule has 3 rings (SSSR count). The first-order chi connectivity index (χ1) is 12.0. The van der Waals surface area contributed by atoms with Crippen molar-refractivity contribution in [1.29, 1.82) is 0 Å². The van der Waals surface area contributed by atoms with E-state index in [9.17, 15) is 9.18 Å². The van der Waals surface area contributed by atoms with Gasteiger partial charge < -0.3 is 10.5 Å². The first-order valence-corrected chi connectivity index (χ1v) is 8.28. The van der Waals surface area contributed by atoms with Gasteiger partial charge in [0.1, 0.15) is 18.0 Å². The molecule has 1 aromatic carbocycles. The molecular weight excluding hydrogens is 325 g/mol. The number of halogens is 1. The van der Waals surface area contributed by atoms with Crippen LogP contribution in [0.1, 0.15) is 49.1 Å². The molecule has 8 heteroatoms. The van der Waals surface area contributed by atoms with Gasteiger partial charge in [-0.05, 0) is 17.7 Å². The van der Waals surface area contributed by atoms with E-state index in [4.69, 9.17) is 10.5 Å². The highest BCUT2D eigenvalue weighted by atomic mass is 19.1. The molecule has 7 nitrogen and oxygen atoms in total. The molecule has 1 aliphatic heterocycles. The van der Waals surface area contributed by atoms with Gasteiger partial charge in [-0.1, -0.05) is 26.0 Å².